The van der Waals surface area contributed by atoms with E-state index in [1.165, 1.54) is 4.52 Å². The number of amides is 1. The zero-order valence-corrected chi connectivity index (χ0v) is 22.7. The van der Waals surface area contributed by atoms with Crippen molar-refractivity contribution in [1.82, 2.24) is 39.2 Å². The van der Waals surface area contributed by atoms with Crippen molar-refractivity contribution in [2.75, 3.05) is 5.73 Å². The van der Waals surface area contributed by atoms with Crippen molar-refractivity contribution < 1.29 is 4.79 Å². The quantitative estimate of drug-likeness (QED) is 0.319. The van der Waals surface area contributed by atoms with E-state index in [2.05, 4.69) is 37.3 Å². The largest absolute Gasteiger partial charge is 0.381 e. The minimum atomic E-state index is -0.584. The number of carbonyl (C=O) groups is 1. The lowest BCUT2D eigenvalue weighted by Gasteiger charge is -2.21. The number of carbonyl (C=O) groups excluding carboxylic acids is 1. The zero-order chi connectivity index (χ0) is 28.8. The van der Waals surface area contributed by atoms with Crippen molar-refractivity contribution in [3.05, 3.63) is 112 Å². The molecule has 11 heteroatoms. The number of aromatic nitrogens is 7. The molecule has 42 heavy (non-hydrogen) atoms. The lowest BCUT2D eigenvalue weighted by Crippen LogP contribution is -2.32. The number of para-hydroxylation sites is 1. The molecular weight excluding hydrogens is 530 g/mol. The molecule has 5 heterocycles. The van der Waals surface area contributed by atoms with Gasteiger partial charge in [0.05, 0.1) is 11.4 Å². The van der Waals surface area contributed by atoms with E-state index in [9.17, 15) is 9.59 Å². The lowest BCUT2D eigenvalue weighted by atomic mass is 10.0. The summed E-state index contributed by atoms with van der Waals surface area (Å²) >= 11 is 0. The molecule has 4 aromatic heterocycles. The number of hydrogen-bond donors (Lipinski definition) is 2. The first-order valence-corrected chi connectivity index (χ1v) is 13.6. The maximum Gasteiger partial charge on any atom is 0.264 e. The van der Waals surface area contributed by atoms with Gasteiger partial charge in [0.1, 0.15) is 11.4 Å². The standard InChI is InChI=1S/C31H25N9O2/c1-19(34-30(41)27-28(32)37-39-17-7-15-33-29(27)39)23-18-21-9-5-8-20(13-14-24-35-25-12-6-16-38(25)36-24)26(21)31(42)40(23)22-10-3-2-4-11-22/h2-5,7-11,15,17-19H,6,12,16H2,1H3,(H2,32,37)(H,34,41)/t19-/m0/s1. The molecule has 1 aliphatic rings. The predicted molar refractivity (Wildman–Crippen MR) is 157 cm³/mol. The predicted octanol–water partition coefficient (Wildman–Crippen LogP) is 3.04. The van der Waals surface area contributed by atoms with Crippen LogP contribution in [0, 0.1) is 11.8 Å². The Labute approximate surface area is 239 Å². The molecule has 0 unspecified atom stereocenters. The molecule has 2 aromatic carbocycles. The number of nitrogens with one attached hydrogen (secondary N) is 1. The van der Waals surface area contributed by atoms with Gasteiger partial charge in [-0.2, -0.15) is 0 Å². The Kier molecular flexibility index (Phi) is 6.01. The summed E-state index contributed by atoms with van der Waals surface area (Å²) < 4.78 is 4.95. The summed E-state index contributed by atoms with van der Waals surface area (Å²) in [6, 6.07) is 17.9. The number of rotatable bonds is 4. The number of anilines is 1. The molecule has 0 bridgehead atoms. The van der Waals surface area contributed by atoms with Crippen LogP contribution in [0.2, 0.25) is 0 Å². The Morgan fingerprint density at radius 3 is 2.76 bits per heavy atom. The number of nitrogens with zero attached hydrogens (tertiary/aromatic N) is 7. The number of hydrogen-bond acceptors (Lipinski definition) is 7. The van der Waals surface area contributed by atoms with Gasteiger partial charge >= 0.3 is 0 Å². The van der Waals surface area contributed by atoms with E-state index in [4.69, 9.17) is 5.73 Å². The molecule has 0 aliphatic carbocycles. The minimum absolute atomic E-state index is 0.0676. The smallest absolute Gasteiger partial charge is 0.264 e. The fourth-order valence-electron chi connectivity index (χ4n) is 5.41. The number of nitrogen functional groups attached to an aromatic ring is 1. The number of benzene rings is 2. The number of fused-ring (bicyclic) bond motifs is 3. The number of nitrogens with two attached hydrogens (primary N) is 1. The van der Waals surface area contributed by atoms with Crippen LogP contribution in [0.25, 0.3) is 22.1 Å². The summed E-state index contributed by atoms with van der Waals surface area (Å²) in [4.78, 5) is 36.5. The Morgan fingerprint density at radius 2 is 1.93 bits per heavy atom. The van der Waals surface area contributed by atoms with Gasteiger partial charge in [-0.1, -0.05) is 36.3 Å². The van der Waals surface area contributed by atoms with Crippen molar-refractivity contribution in [1.29, 1.82) is 0 Å². The van der Waals surface area contributed by atoms with Crippen molar-refractivity contribution in [2.45, 2.75) is 32.4 Å². The van der Waals surface area contributed by atoms with Gasteiger partial charge in [-0.25, -0.2) is 19.2 Å². The van der Waals surface area contributed by atoms with Crippen LogP contribution in [0.15, 0.2) is 77.9 Å². The third-order valence-electron chi connectivity index (χ3n) is 7.36. The highest BCUT2D eigenvalue weighted by Gasteiger charge is 2.24. The van der Waals surface area contributed by atoms with Gasteiger partial charge in [0, 0.05) is 42.3 Å². The topological polar surface area (TPSA) is 138 Å². The van der Waals surface area contributed by atoms with Gasteiger partial charge in [0.25, 0.3) is 11.5 Å². The average molecular weight is 556 g/mol. The second-order valence-electron chi connectivity index (χ2n) is 10.1. The molecule has 0 saturated carbocycles. The Morgan fingerprint density at radius 1 is 1.07 bits per heavy atom. The van der Waals surface area contributed by atoms with E-state index in [0.29, 0.717) is 39.2 Å². The first-order chi connectivity index (χ1) is 20.5. The van der Waals surface area contributed by atoms with Crippen molar-refractivity contribution in [3.63, 3.8) is 0 Å². The van der Waals surface area contributed by atoms with Crippen molar-refractivity contribution in [2.24, 2.45) is 0 Å². The minimum Gasteiger partial charge on any atom is -0.381 e. The van der Waals surface area contributed by atoms with Gasteiger partial charge in [-0.05, 0) is 55.0 Å². The maximum atomic E-state index is 14.2. The maximum absolute atomic E-state index is 14.2. The molecule has 3 N–H and O–H groups in total. The highest BCUT2D eigenvalue weighted by molar-refractivity contribution is 6.04. The molecule has 1 amide bonds. The second kappa shape index (κ2) is 10.0. The summed E-state index contributed by atoms with van der Waals surface area (Å²) in [5.41, 5.74) is 8.18. The molecule has 0 spiro atoms. The first kappa shape index (κ1) is 25.2. The fraction of sp³-hybridized carbons (Fsp3) is 0.161. The summed E-state index contributed by atoms with van der Waals surface area (Å²) in [6.45, 7) is 2.67. The number of aryl methyl sites for hydroxylation is 2. The summed E-state index contributed by atoms with van der Waals surface area (Å²) in [6.07, 6.45) is 5.17. The van der Waals surface area contributed by atoms with Crippen molar-refractivity contribution >= 4 is 28.1 Å². The monoisotopic (exact) mass is 555 g/mol. The molecule has 7 rings (SSSR count). The highest BCUT2D eigenvalue weighted by atomic mass is 16.2. The molecule has 0 radical (unpaired) electrons. The Balaban J connectivity index is 1.33. The second-order valence-corrected chi connectivity index (χ2v) is 10.1. The van der Waals surface area contributed by atoms with E-state index in [1.54, 1.807) is 23.0 Å². The van der Waals surface area contributed by atoms with Crippen LogP contribution in [0.5, 0.6) is 0 Å². The van der Waals surface area contributed by atoms with E-state index < -0.39 is 11.9 Å². The Bertz CT molecular complexity index is 2110. The lowest BCUT2D eigenvalue weighted by molar-refractivity contribution is 0.0941. The van der Waals surface area contributed by atoms with E-state index in [0.717, 1.165) is 25.2 Å². The Hall–Kier alpha value is -5.76. The van der Waals surface area contributed by atoms with Crippen LogP contribution in [0.1, 0.15) is 52.7 Å². The van der Waals surface area contributed by atoms with Crippen LogP contribution in [-0.2, 0) is 13.0 Å². The molecule has 0 fully saturated rings. The van der Waals surface area contributed by atoms with Crippen LogP contribution in [-0.4, -0.2) is 39.8 Å². The van der Waals surface area contributed by atoms with Crippen LogP contribution in [0.4, 0.5) is 5.82 Å². The molecule has 1 atom stereocenters. The number of pyridine rings is 1. The van der Waals surface area contributed by atoms with Gasteiger partial charge < -0.3 is 11.1 Å². The molecule has 6 aromatic rings. The van der Waals surface area contributed by atoms with E-state index in [1.807, 2.05) is 66.2 Å². The molecule has 0 saturated heterocycles. The first-order valence-electron chi connectivity index (χ1n) is 13.6. The SMILES string of the molecule is C[C@H](NC(=O)c1c(N)nn2cccnc12)c1cc2cccc(C#Cc3nc4n(n3)CCC4)c2c(=O)n1-c1ccccc1. The van der Waals surface area contributed by atoms with Gasteiger partial charge in [0.2, 0.25) is 5.82 Å². The molecule has 11 nitrogen and oxygen atoms in total. The highest BCUT2D eigenvalue weighted by Crippen LogP contribution is 2.24. The normalized spacial score (nSPS) is 13.1. The van der Waals surface area contributed by atoms with Gasteiger partial charge in [0.15, 0.2) is 11.5 Å². The van der Waals surface area contributed by atoms with Gasteiger partial charge in [-0.3, -0.25) is 14.2 Å². The third-order valence-corrected chi connectivity index (χ3v) is 7.36. The third kappa shape index (κ3) is 4.26. The van der Waals surface area contributed by atoms with Crippen LogP contribution in [0.3, 0.4) is 0 Å². The summed E-state index contributed by atoms with van der Waals surface area (Å²) in [5.74, 6) is 7.18. The van der Waals surface area contributed by atoms with E-state index in [-0.39, 0.29) is 16.9 Å². The fourth-order valence-corrected chi connectivity index (χ4v) is 5.41. The molecule has 206 valence electrons. The van der Waals surface area contributed by atoms with Crippen LogP contribution < -0.4 is 16.6 Å². The van der Waals surface area contributed by atoms with E-state index >= 15 is 0 Å². The average Bonchev–Trinajstić information content (AvgIpc) is 3.69. The summed E-state index contributed by atoms with van der Waals surface area (Å²) in [7, 11) is 0. The molecular formula is C31H25N9O2. The zero-order valence-electron chi connectivity index (χ0n) is 22.7. The van der Waals surface area contributed by atoms with Crippen molar-refractivity contribution in [3.8, 4) is 17.5 Å². The summed E-state index contributed by atoms with van der Waals surface area (Å²) in [5, 5.41) is 12.8. The van der Waals surface area contributed by atoms with Crippen LogP contribution >= 0.6 is 0 Å². The molecule has 1 aliphatic heterocycles. The van der Waals surface area contributed by atoms with Gasteiger partial charge in [-0.15, -0.1) is 10.2 Å².